The summed E-state index contributed by atoms with van der Waals surface area (Å²) in [5.41, 5.74) is 1.67. The van der Waals surface area contributed by atoms with E-state index in [0.29, 0.717) is 12.1 Å². The van der Waals surface area contributed by atoms with E-state index in [-0.39, 0.29) is 11.4 Å². The molecular formula is C14H19NO2. The van der Waals surface area contributed by atoms with Gasteiger partial charge < -0.3 is 10.1 Å². The average Bonchev–Trinajstić information content (AvgIpc) is 2.27. The number of benzene rings is 1. The molecule has 0 aliphatic carbocycles. The highest BCUT2D eigenvalue weighted by Crippen LogP contribution is 2.35. The van der Waals surface area contributed by atoms with Crippen molar-refractivity contribution < 1.29 is 9.53 Å². The number of fused-ring (bicyclic) bond motifs is 1. The van der Waals surface area contributed by atoms with Crippen LogP contribution in [-0.4, -0.2) is 25.0 Å². The van der Waals surface area contributed by atoms with Gasteiger partial charge in [-0.3, -0.25) is 4.79 Å². The van der Waals surface area contributed by atoms with Crippen LogP contribution < -0.4 is 10.1 Å². The van der Waals surface area contributed by atoms with Crippen LogP contribution in [-0.2, 0) is 6.42 Å². The molecule has 0 fully saturated rings. The van der Waals surface area contributed by atoms with E-state index in [1.807, 2.05) is 18.2 Å². The first-order valence-electron chi connectivity index (χ1n) is 6.02. The number of hydrogen-bond acceptors (Lipinski definition) is 3. The van der Waals surface area contributed by atoms with Crippen molar-refractivity contribution in [2.24, 2.45) is 0 Å². The maximum absolute atomic E-state index is 12.0. The van der Waals surface area contributed by atoms with Crippen LogP contribution in [0.15, 0.2) is 18.2 Å². The van der Waals surface area contributed by atoms with Gasteiger partial charge in [0, 0.05) is 0 Å². The summed E-state index contributed by atoms with van der Waals surface area (Å²) in [4.78, 5) is 12.0. The minimum absolute atomic E-state index is 0.0852. The van der Waals surface area contributed by atoms with Gasteiger partial charge in [0.15, 0.2) is 5.78 Å². The number of ether oxygens (including phenoxy) is 1. The van der Waals surface area contributed by atoms with Gasteiger partial charge in [-0.05, 0) is 45.4 Å². The predicted molar refractivity (Wildman–Crippen MR) is 67.7 cm³/mol. The topological polar surface area (TPSA) is 38.3 Å². The molecule has 1 heterocycles. The van der Waals surface area contributed by atoms with Crippen molar-refractivity contribution in [2.75, 3.05) is 13.6 Å². The molecule has 92 valence electrons. The van der Waals surface area contributed by atoms with Crippen molar-refractivity contribution >= 4 is 5.78 Å². The van der Waals surface area contributed by atoms with E-state index in [2.05, 4.69) is 19.2 Å². The molecule has 1 aromatic carbocycles. The Hall–Kier alpha value is -1.35. The van der Waals surface area contributed by atoms with Crippen molar-refractivity contribution in [1.29, 1.82) is 0 Å². The number of hydrogen-bond donors (Lipinski definition) is 1. The summed E-state index contributed by atoms with van der Waals surface area (Å²) in [7, 11) is 1.78. The Balaban J connectivity index is 2.39. The van der Waals surface area contributed by atoms with Gasteiger partial charge in [0.2, 0.25) is 0 Å². The summed E-state index contributed by atoms with van der Waals surface area (Å²) in [6.45, 7) is 4.48. The number of aryl methyl sites for hydroxylation is 1. The van der Waals surface area contributed by atoms with E-state index < -0.39 is 0 Å². The lowest BCUT2D eigenvalue weighted by atomic mass is 9.92. The standard InChI is InChI=1S/C14H19NO2/c1-14(2)8-7-10-5-4-6-11(13(10)17-14)12(16)9-15-3/h4-6,15H,7-9H2,1-3H3. The Morgan fingerprint density at radius 1 is 1.47 bits per heavy atom. The molecule has 1 aliphatic heterocycles. The molecular weight excluding hydrogens is 214 g/mol. The molecule has 0 radical (unpaired) electrons. The van der Waals surface area contributed by atoms with E-state index in [1.165, 1.54) is 0 Å². The summed E-state index contributed by atoms with van der Waals surface area (Å²) in [6.07, 6.45) is 1.96. The van der Waals surface area contributed by atoms with Crippen molar-refractivity contribution in [1.82, 2.24) is 5.32 Å². The Morgan fingerprint density at radius 3 is 2.94 bits per heavy atom. The van der Waals surface area contributed by atoms with Crippen LogP contribution in [0, 0.1) is 0 Å². The Bertz CT molecular complexity index is 438. The van der Waals surface area contributed by atoms with Gasteiger partial charge in [0.25, 0.3) is 0 Å². The second kappa shape index (κ2) is 4.49. The Morgan fingerprint density at radius 2 is 2.24 bits per heavy atom. The predicted octanol–water partition coefficient (Wildman–Crippen LogP) is 2.19. The fourth-order valence-corrected chi connectivity index (χ4v) is 2.14. The number of rotatable bonds is 3. The number of nitrogens with one attached hydrogen (secondary N) is 1. The molecule has 0 saturated carbocycles. The zero-order valence-corrected chi connectivity index (χ0v) is 10.7. The monoisotopic (exact) mass is 233 g/mol. The summed E-state index contributed by atoms with van der Waals surface area (Å²) in [5.74, 6) is 0.867. The number of carbonyl (C=O) groups is 1. The lowest BCUT2D eigenvalue weighted by molar-refractivity contribution is 0.0805. The molecule has 1 aliphatic rings. The van der Waals surface area contributed by atoms with Crippen LogP contribution in [0.1, 0.15) is 36.2 Å². The summed E-state index contributed by atoms with van der Waals surface area (Å²) in [6, 6.07) is 5.82. The maximum atomic E-state index is 12.0. The van der Waals surface area contributed by atoms with Crippen molar-refractivity contribution in [3.63, 3.8) is 0 Å². The van der Waals surface area contributed by atoms with Crippen molar-refractivity contribution in [3.8, 4) is 5.75 Å². The lowest BCUT2D eigenvalue weighted by Gasteiger charge is -2.33. The van der Waals surface area contributed by atoms with Gasteiger partial charge in [0.1, 0.15) is 11.4 Å². The zero-order valence-electron chi connectivity index (χ0n) is 10.7. The van der Waals surface area contributed by atoms with Gasteiger partial charge >= 0.3 is 0 Å². The van der Waals surface area contributed by atoms with Crippen molar-refractivity contribution in [2.45, 2.75) is 32.3 Å². The van der Waals surface area contributed by atoms with Gasteiger partial charge in [-0.25, -0.2) is 0 Å². The molecule has 0 unspecified atom stereocenters. The van der Waals surface area contributed by atoms with Crippen LogP contribution in [0.25, 0.3) is 0 Å². The molecule has 1 aromatic rings. The maximum Gasteiger partial charge on any atom is 0.180 e. The Labute approximate surface area is 102 Å². The highest BCUT2D eigenvalue weighted by Gasteiger charge is 2.29. The molecule has 0 atom stereocenters. The highest BCUT2D eigenvalue weighted by molar-refractivity contribution is 6.00. The molecule has 0 bridgehead atoms. The van der Waals surface area contributed by atoms with E-state index in [1.54, 1.807) is 7.05 Å². The number of ketones is 1. The van der Waals surface area contributed by atoms with Crippen LogP contribution in [0.4, 0.5) is 0 Å². The second-order valence-electron chi connectivity index (χ2n) is 5.11. The first kappa shape index (κ1) is 12.1. The summed E-state index contributed by atoms with van der Waals surface area (Å²) < 4.78 is 5.97. The average molecular weight is 233 g/mol. The van der Waals surface area contributed by atoms with Crippen LogP contribution in [0.5, 0.6) is 5.75 Å². The minimum Gasteiger partial charge on any atom is -0.487 e. The molecule has 0 aromatic heterocycles. The van der Waals surface area contributed by atoms with Crippen LogP contribution in [0.3, 0.4) is 0 Å². The van der Waals surface area contributed by atoms with Gasteiger partial charge in [-0.1, -0.05) is 12.1 Å². The van der Waals surface area contributed by atoms with Gasteiger partial charge in [-0.15, -0.1) is 0 Å². The fraction of sp³-hybridized carbons (Fsp3) is 0.500. The third kappa shape index (κ3) is 2.50. The van der Waals surface area contributed by atoms with Crippen LogP contribution in [0.2, 0.25) is 0 Å². The van der Waals surface area contributed by atoms with E-state index in [9.17, 15) is 4.79 Å². The number of para-hydroxylation sites is 1. The minimum atomic E-state index is -0.178. The fourth-order valence-electron chi connectivity index (χ4n) is 2.14. The number of Topliss-reactive ketones (excluding diaryl/α,β-unsaturated/α-hetero) is 1. The van der Waals surface area contributed by atoms with Gasteiger partial charge in [0.05, 0.1) is 12.1 Å². The van der Waals surface area contributed by atoms with Crippen LogP contribution >= 0.6 is 0 Å². The Kier molecular flexibility index (Phi) is 3.20. The third-order valence-electron chi connectivity index (χ3n) is 3.11. The summed E-state index contributed by atoms with van der Waals surface area (Å²) in [5, 5.41) is 2.89. The number of carbonyl (C=O) groups excluding carboxylic acids is 1. The molecule has 2 rings (SSSR count). The molecule has 0 spiro atoms. The molecule has 1 N–H and O–H groups in total. The van der Waals surface area contributed by atoms with E-state index >= 15 is 0 Å². The molecule has 0 saturated heterocycles. The smallest absolute Gasteiger partial charge is 0.180 e. The zero-order chi connectivity index (χ0) is 12.5. The molecule has 3 nitrogen and oxygen atoms in total. The third-order valence-corrected chi connectivity index (χ3v) is 3.11. The quantitative estimate of drug-likeness (QED) is 0.813. The van der Waals surface area contributed by atoms with Gasteiger partial charge in [-0.2, -0.15) is 0 Å². The van der Waals surface area contributed by atoms with E-state index in [0.717, 1.165) is 24.2 Å². The first-order valence-corrected chi connectivity index (χ1v) is 6.02. The molecule has 3 heteroatoms. The second-order valence-corrected chi connectivity index (χ2v) is 5.11. The summed E-state index contributed by atoms with van der Waals surface area (Å²) >= 11 is 0. The van der Waals surface area contributed by atoms with E-state index in [4.69, 9.17) is 4.74 Å². The lowest BCUT2D eigenvalue weighted by Crippen LogP contribution is -2.34. The first-order chi connectivity index (χ1) is 8.03. The normalized spacial score (nSPS) is 17.1. The SMILES string of the molecule is CNCC(=O)c1cccc2c1OC(C)(C)CC2. The highest BCUT2D eigenvalue weighted by atomic mass is 16.5. The molecule has 0 amide bonds. The van der Waals surface area contributed by atoms with Crippen molar-refractivity contribution in [3.05, 3.63) is 29.3 Å². The largest absolute Gasteiger partial charge is 0.487 e. The number of likely N-dealkylation sites (N-methyl/N-ethyl adjacent to an activating group) is 1. The molecule has 17 heavy (non-hydrogen) atoms.